The molecule has 1 aromatic carbocycles. The van der Waals surface area contributed by atoms with Crippen molar-refractivity contribution >= 4 is 27.2 Å². The zero-order valence-electron chi connectivity index (χ0n) is 9.26. The Kier molecular flexibility index (Phi) is 1.67. The molecule has 1 aliphatic heterocycles. The van der Waals surface area contributed by atoms with Crippen molar-refractivity contribution in [3.8, 4) is 0 Å². The molecule has 2 fully saturated rings. The fourth-order valence-electron chi connectivity index (χ4n) is 3.07. The molecule has 82 valence electrons. The molecule has 1 saturated carbocycles. The number of thiazole rings is 1. The maximum Gasteiger partial charge on any atom is 0.0813 e. The second kappa shape index (κ2) is 2.98. The maximum absolute atomic E-state index is 4.32. The second-order valence-electron chi connectivity index (χ2n) is 5.10. The van der Waals surface area contributed by atoms with Gasteiger partial charge in [-0.15, -0.1) is 11.3 Å². The van der Waals surface area contributed by atoms with E-state index in [1.165, 1.54) is 23.5 Å². The van der Waals surface area contributed by atoms with Crippen LogP contribution in [0.4, 0.5) is 5.69 Å². The van der Waals surface area contributed by atoms with Gasteiger partial charge in [0, 0.05) is 18.8 Å². The Bertz CT molecular complexity index is 536. The van der Waals surface area contributed by atoms with Crippen molar-refractivity contribution in [3.63, 3.8) is 0 Å². The van der Waals surface area contributed by atoms with E-state index in [-0.39, 0.29) is 0 Å². The summed E-state index contributed by atoms with van der Waals surface area (Å²) in [4.78, 5) is 6.86. The van der Waals surface area contributed by atoms with E-state index in [1.54, 1.807) is 11.3 Å². The highest BCUT2D eigenvalue weighted by atomic mass is 32.1. The van der Waals surface area contributed by atoms with Gasteiger partial charge in [-0.2, -0.15) is 0 Å². The van der Waals surface area contributed by atoms with Crippen LogP contribution in [0.5, 0.6) is 0 Å². The molecule has 2 unspecified atom stereocenters. The first kappa shape index (κ1) is 8.99. The van der Waals surface area contributed by atoms with Crippen molar-refractivity contribution in [2.24, 2.45) is 17.8 Å². The molecule has 2 atom stereocenters. The van der Waals surface area contributed by atoms with Crippen molar-refractivity contribution in [2.75, 3.05) is 18.0 Å². The highest BCUT2D eigenvalue weighted by Crippen LogP contribution is 2.52. The smallest absolute Gasteiger partial charge is 0.0813 e. The number of hydrogen-bond donors (Lipinski definition) is 0. The summed E-state index contributed by atoms with van der Waals surface area (Å²) in [5, 5.41) is 0. The van der Waals surface area contributed by atoms with Crippen molar-refractivity contribution in [2.45, 2.75) is 6.92 Å². The largest absolute Gasteiger partial charge is 0.371 e. The minimum atomic E-state index is 0.970. The van der Waals surface area contributed by atoms with Crippen LogP contribution in [-0.2, 0) is 0 Å². The van der Waals surface area contributed by atoms with Gasteiger partial charge in [-0.05, 0) is 36.0 Å². The lowest BCUT2D eigenvalue weighted by atomic mass is 10.2. The SMILES string of the molecule is CC1C2CN(c3ccc4ncsc4c3)CC12. The lowest BCUT2D eigenvalue weighted by molar-refractivity contribution is 0.690. The monoisotopic (exact) mass is 230 g/mol. The number of fused-ring (bicyclic) bond motifs is 2. The van der Waals surface area contributed by atoms with E-state index in [2.05, 4.69) is 35.0 Å². The number of piperidine rings is 1. The van der Waals surface area contributed by atoms with E-state index >= 15 is 0 Å². The number of rotatable bonds is 1. The zero-order valence-corrected chi connectivity index (χ0v) is 10.1. The van der Waals surface area contributed by atoms with Crippen LogP contribution in [-0.4, -0.2) is 18.1 Å². The van der Waals surface area contributed by atoms with Gasteiger partial charge < -0.3 is 4.90 Å². The highest BCUT2D eigenvalue weighted by molar-refractivity contribution is 7.16. The van der Waals surface area contributed by atoms with Gasteiger partial charge in [-0.1, -0.05) is 6.92 Å². The van der Waals surface area contributed by atoms with Crippen LogP contribution < -0.4 is 4.90 Å². The molecular formula is C13H14N2S. The summed E-state index contributed by atoms with van der Waals surface area (Å²) in [6.45, 7) is 4.91. The molecule has 3 heteroatoms. The summed E-state index contributed by atoms with van der Waals surface area (Å²) < 4.78 is 1.31. The molecule has 0 radical (unpaired) electrons. The summed E-state index contributed by atoms with van der Waals surface area (Å²) in [6, 6.07) is 6.66. The quantitative estimate of drug-likeness (QED) is 0.748. The number of hydrogen-bond acceptors (Lipinski definition) is 3. The van der Waals surface area contributed by atoms with E-state index in [0.29, 0.717) is 0 Å². The molecule has 0 N–H and O–H groups in total. The molecule has 2 heterocycles. The summed E-state index contributed by atoms with van der Waals surface area (Å²) in [7, 11) is 0. The molecular weight excluding hydrogens is 216 g/mol. The van der Waals surface area contributed by atoms with Crippen molar-refractivity contribution < 1.29 is 0 Å². The molecule has 2 aromatic rings. The predicted octanol–water partition coefficient (Wildman–Crippen LogP) is 3.00. The van der Waals surface area contributed by atoms with Crippen LogP contribution in [0.1, 0.15) is 6.92 Å². The second-order valence-corrected chi connectivity index (χ2v) is 5.98. The topological polar surface area (TPSA) is 16.1 Å². The van der Waals surface area contributed by atoms with Gasteiger partial charge in [-0.3, -0.25) is 0 Å². The van der Waals surface area contributed by atoms with Crippen LogP contribution in [0.2, 0.25) is 0 Å². The average molecular weight is 230 g/mol. The van der Waals surface area contributed by atoms with Crippen molar-refractivity contribution in [1.82, 2.24) is 4.98 Å². The fourth-order valence-corrected chi connectivity index (χ4v) is 3.78. The van der Waals surface area contributed by atoms with Crippen molar-refractivity contribution in [3.05, 3.63) is 23.7 Å². The highest BCUT2D eigenvalue weighted by Gasteiger charge is 2.52. The molecule has 16 heavy (non-hydrogen) atoms. The third kappa shape index (κ3) is 1.15. The molecule has 0 spiro atoms. The van der Waals surface area contributed by atoms with E-state index in [0.717, 1.165) is 23.3 Å². The van der Waals surface area contributed by atoms with Gasteiger partial charge in [-0.25, -0.2) is 4.98 Å². The normalized spacial score (nSPS) is 32.1. The first-order valence-electron chi connectivity index (χ1n) is 5.91. The molecule has 1 aromatic heterocycles. The van der Waals surface area contributed by atoms with E-state index in [4.69, 9.17) is 0 Å². The minimum absolute atomic E-state index is 0.970. The summed E-state index contributed by atoms with van der Waals surface area (Å²) in [5.74, 6) is 2.91. The maximum atomic E-state index is 4.32. The Morgan fingerprint density at radius 2 is 2.12 bits per heavy atom. The van der Waals surface area contributed by atoms with Crippen LogP contribution in [0, 0.1) is 17.8 Å². The first-order chi connectivity index (χ1) is 7.83. The van der Waals surface area contributed by atoms with E-state index < -0.39 is 0 Å². The van der Waals surface area contributed by atoms with Gasteiger partial charge >= 0.3 is 0 Å². The number of anilines is 1. The van der Waals surface area contributed by atoms with Gasteiger partial charge in [0.05, 0.1) is 15.7 Å². The molecule has 0 bridgehead atoms. The van der Waals surface area contributed by atoms with Gasteiger partial charge in [0.25, 0.3) is 0 Å². The standard InChI is InChI=1S/C13H14N2S/c1-8-10-5-15(6-11(8)10)9-2-3-12-13(4-9)16-7-14-12/h2-4,7-8,10-11H,5-6H2,1H3. The van der Waals surface area contributed by atoms with E-state index in [1.807, 2.05) is 5.51 Å². The number of nitrogens with zero attached hydrogens (tertiary/aromatic N) is 2. The third-order valence-electron chi connectivity index (χ3n) is 4.30. The Hall–Kier alpha value is -1.09. The van der Waals surface area contributed by atoms with Gasteiger partial charge in [0.1, 0.15) is 0 Å². The summed E-state index contributed by atoms with van der Waals surface area (Å²) >= 11 is 1.74. The van der Waals surface area contributed by atoms with Crippen LogP contribution in [0.15, 0.2) is 23.7 Å². The number of benzene rings is 1. The lowest BCUT2D eigenvalue weighted by Crippen LogP contribution is -2.23. The minimum Gasteiger partial charge on any atom is -0.371 e. The molecule has 0 amide bonds. The fraction of sp³-hybridized carbons (Fsp3) is 0.462. The van der Waals surface area contributed by atoms with Gasteiger partial charge in [0.15, 0.2) is 0 Å². The third-order valence-corrected chi connectivity index (χ3v) is 5.09. The van der Waals surface area contributed by atoms with Crippen LogP contribution >= 0.6 is 11.3 Å². The summed E-state index contributed by atoms with van der Waals surface area (Å²) in [5.41, 5.74) is 4.44. The lowest BCUT2D eigenvalue weighted by Gasteiger charge is -2.21. The Morgan fingerprint density at radius 1 is 1.31 bits per heavy atom. The Labute approximate surface area is 98.9 Å². The summed E-state index contributed by atoms with van der Waals surface area (Å²) in [6.07, 6.45) is 0. The molecule has 2 aliphatic rings. The van der Waals surface area contributed by atoms with Crippen LogP contribution in [0.25, 0.3) is 10.2 Å². The average Bonchev–Trinajstić information content (AvgIpc) is 2.82. The molecule has 4 rings (SSSR count). The Balaban J connectivity index is 1.67. The van der Waals surface area contributed by atoms with Crippen molar-refractivity contribution in [1.29, 1.82) is 0 Å². The molecule has 2 nitrogen and oxygen atoms in total. The van der Waals surface area contributed by atoms with Gasteiger partial charge in [0.2, 0.25) is 0 Å². The van der Waals surface area contributed by atoms with Crippen LogP contribution in [0.3, 0.4) is 0 Å². The zero-order chi connectivity index (χ0) is 10.7. The molecule has 1 aliphatic carbocycles. The molecule has 1 saturated heterocycles. The Morgan fingerprint density at radius 3 is 2.94 bits per heavy atom. The predicted molar refractivity (Wildman–Crippen MR) is 68.0 cm³/mol. The first-order valence-corrected chi connectivity index (χ1v) is 6.79. The van der Waals surface area contributed by atoms with E-state index in [9.17, 15) is 0 Å². The number of aromatic nitrogens is 1.